The van der Waals surface area contributed by atoms with E-state index in [0.717, 1.165) is 0 Å². The first-order valence-corrected chi connectivity index (χ1v) is 2.31. The lowest BCUT2D eigenvalue weighted by Gasteiger charge is -2.12. The van der Waals surface area contributed by atoms with Crippen LogP contribution in [-0.4, -0.2) is 6.61 Å². The molecule has 0 spiro atoms. The largest absolute Gasteiger partial charge is 0.203 e. The van der Waals surface area contributed by atoms with Crippen LogP contribution in [0.4, 0.5) is 0 Å². The molecular weight excluding hydrogens is 92.1 g/mol. The Balaban J connectivity index is 3.15. The Morgan fingerprint density at radius 2 is 1.86 bits per heavy atom. The Bertz CT molecular complexity index is 44.5. The van der Waals surface area contributed by atoms with E-state index in [1.54, 1.807) is 0 Å². The van der Waals surface area contributed by atoms with E-state index in [1.807, 2.05) is 20.8 Å². The van der Waals surface area contributed by atoms with Gasteiger partial charge in [0.25, 0.3) is 0 Å². The molecule has 0 unspecified atom stereocenters. The zero-order chi connectivity index (χ0) is 5.91. The fourth-order valence-corrected chi connectivity index (χ4v) is 0.177. The lowest BCUT2D eigenvalue weighted by atomic mass is 9.99. The molecule has 7 heavy (non-hydrogen) atoms. The maximum absolute atomic E-state index is 9.45. The van der Waals surface area contributed by atoms with Gasteiger partial charge in [0.2, 0.25) is 0 Å². The molecule has 1 radical (unpaired) electrons. The maximum atomic E-state index is 9.45. The summed E-state index contributed by atoms with van der Waals surface area (Å²) in [5, 5.41) is 9.45. The van der Waals surface area contributed by atoms with Gasteiger partial charge < -0.3 is 0 Å². The van der Waals surface area contributed by atoms with Crippen LogP contribution < -0.4 is 0 Å². The van der Waals surface area contributed by atoms with Gasteiger partial charge in [-0.3, -0.25) is 0 Å². The van der Waals surface area contributed by atoms with Crippen molar-refractivity contribution < 1.29 is 10.1 Å². The first-order valence-electron chi connectivity index (χ1n) is 2.31. The van der Waals surface area contributed by atoms with E-state index in [1.165, 1.54) is 0 Å². The van der Waals surface area contributed by atoms with Crippen molar-refractivity contribution in [1.82, 2.24) is 0 Å². The summed E-state index contributed by atoms with van der Waals surface area (Å²) in [4.78, 5) is 3.66. The van der Waals surface area contributed by atoms with E-state index < -0.39 is 0 Å². The van der Waals surface area contributed by atoms with Gasteiger partial charge in [-0.2, -0.15) is 0 Å². The van der Waals surface area contributed by atoms with E-state index in [9.17, 15) is 5.26 Å². The molecule has 0 aliphatic rings. The van der Waals surface area contributed by atoms with E-state index in [-0.39, 0.29) is 12.0 Å². The van der Waals surface area contributed by atoms with Crippen molar-refractivity contribution in [2.24, 2.45) is 5.41 Å². The van der Waals surface area contributed by atoms with Crippen LogP contribution in [0.2, 0.25) is 0 Å². The molecule has 0 aromatic rings. The predicted octanol–water partition coefficient (Wildman–Crippen LogP) is 1.39. The van der Waals surface area contributed by atoms with Gasteiger partial charge in [-0.1, -0.05) is 20.8 Å². The highest BCUT2D eigenvalue weighted by molar-refractivity contribution is 4.56. The lowest BCUT2D eigenvalue weighted by Crippen LogP contribution is -2.12. The minimum atomic E-state index is 0.0156. The molecule has 0 aromatic carbocycles. The predicted molar refractivity (Wildman–Crippen MR) is 26.1 cm³/mol. The second kappa shape index (κ2) is 2.28. The second-order valence-corrected chi connectivity index (χ2v) is 2.82. The van der Waals surface area contributed by atoms with E-state index in [4.69, 9.17) is 0 Å². The van der Waals surface area contributed by atoms with Crippen LogP contribution in [0.5, 0.6) is 0 Å². The summed E-state index contributed by atoms with van der Waals surface area (Å²) in [6, 6.07) is 0. The van der Waals surface area contributed by atoms with E-state index >= 15 is 0 Å². The van der Waals surface area contributed by atoms with Crippen molar-refractivity contribution in [1.29, 1.82) is 0 Å². The van der Waals surface area contributed by atoms with Crippen LogP contribution in [0.3, 0.4) is 0 Å². The summed E-state index contributed by atoms with van der Waals surface area (Å²) in [6.07, 6.45) is 0. The minimum Gasteiger partial charge on any atom is -0.203 e. The van der Waals surface area contributed by atoms with Gasteiger partial charge in [0.05, 0.1) is 6.61 Å². The van der Waals surface area contributed by atoms with Crippen LogP contribution in [0, 0.1) is 5.41 Å². The lowest BCUT2D eigenvalue weighted by molar-refractivity contribution is -0.316. The molecule has 0 saturated heterocycles. The summed E-state index contributed by atoms with van der Waals surface area (Å²) in [7, 11) is 0. The van der Waals surface area contributed by atoms with Crippen molar-refractivity contribution in [2.75, 3.05) is 6.61 Å². The number of rotatable bonds is 1. The van der Waals surface area contributed by atoms with Crippen LogP contribution in [0.1, 0.15) is 20.8 Å². The third-order valence-electron chi connectivity index (χ3n) is 0.492. The minimum absolute atomic E-state index is 0.0156. The molecule has 0 amide bonds. The Hall–Kier alpha value is -0.0800. The topological polar surface area (TPSA) is 29.1 Å². The Morgan fingerprint density at radius 1 is 1.43 bits per heavy atom. The average molecular weight is 103 g/mol. The van der Waals surface area contributed by atoms with Gasteiger partial charge in [0.15, 0.2) is 0 Å². The van der Waals surface area contributed by atoms with Gasteiger partial charge >= 0.3 is 0 Å². The molecule has 0 N–H and O–H groups in total. The highest BCUT2D eigenvalue weighted by Crippen LogP contribution is 2.11. The van der Waals surface area contributed by atoms with Crippen molar-refractivity contribution in [3.63, 3.8) is 0 Å². The standard InChI is InChI=1S/C5H11O2/c1-5(2,3)4-7-6/h4H2,1-3H3. The smallest absolute Gasteiger partial charge is 0.0903 e. The number of hydrogen-bond donors (Lipinski definition) is 0. The SMILES string of the molecule is CC(C)(C)CO[O]. The molecule has 0 saturated carbocycles. The Labute approximate surface area is 44.0 Å². The highest BCUT2D eigenvalue weighted by Gasteiger charge is 2.09. The summed E-state index contributed by atoms with van der Waals surface area (Å²) in [6.45, 7) is 6.13. The molecule has 0 bridgehead atoms. The first kappa shape index (κ1) is 6.92. The van der Waals surface area contributed by atoms with E-state index in [2.05, 4.69) is 4.89 Å². The highest BCUT2D eigenvalue weighted by atomic mass is 17.1. The van der Waals surface area contributed by atoms with Gasteiger partial charge in [-0.15, -0.1) is 0 Å². The fraction of sp³-hybridized carbons (Fsp3) is 1.00. The monoisotopic (exact) mass is 103 g/mol. The Morgan fingerprint density at radius 3 is 1.86 bits per heavy atom. The fourth-order valence-electron chi connectivity index (χ4n) is 0.177. The van der Waals surface area contributed by atoms with Crippen molar-refractivity contribution >= 4 is 0 Å². The van der Waals surface area contributed by atoms with Crippen LogP contribution in [0.25, 0.3) is 0 Å². The van der Waals surface area contributed by atoms with Crippen LogP contribution in [-0.2, 0) is 10.1 Å². The molecule has 0 rings (SSSR count). The molecule has 0 fully saturated rings. The van der Waals surface area contributed by atoms with Crippen LogP contribution >= 0.6 is 0 Å². The quantitative estimate of drug-likeness (QED) is 0.364. The summed E-state index contributed by atoms with van der Waals surface area (Å²) >= 11 is 0. The third kappa shape index (κ3) is 5.92. The molecule has 0 heterocycles. The van der Waals surface area contributed by atoms with Crippen molar-refractivity contribution in [3.8, 4) is 0 Å². The summed E-state index contributed by atoms with van der Waals surface area (Å²) < 4.78 is 0. The summed E-state index contributed by atoms with van der Waals surface area (Å²) in [5.41, 5.74) is 0.0156. The molecular formula is C5H11O2. The normalized spacial score (nSPS) is 12.0. The van der Waals surface area contributed by atoms with Crippen molar-refractivity contribution in [2.45, 2.75) is 20.8 Å². The molecule has 0 atom stereocenters. The Kier molecular flexibility index (Phi) is 2.26. The second-order valence-electron chi connectivity index (χ2n) is 2.82. The van der Waals surface area contributed by atoms with Gasteiger partial charge in [-0.25, -0.2) is 4.89 Å². The number of hydrogen-bond acceptors (Lipinski definition) is 1. The molecule has 0 aliphatic heterocycles. The van der Waals surface area contributed by atoms with Gasteiger partial charge in [-0.05, 0) is 10.7 Å². The van der Waals surface area contributed by atoms with Crippen molar-refractivity contribution in [3.05, 3.63) is 0 Å². The molecule has 43 valence electrons. The first-order chi connectivity index (χ1) is 3.06. The maximum Gasteiger partial charge on any atom is 0.0903 e. The molecule has 2 nitrogen and oxygen atoms in total. The molecule has 0 aliphatic carbocycles. The van der Waals surface area contributed by atoms with Crippen LogP contribution in [0.15, 0.2) is 0 Å². The molecule has 2 heteroatoms. The zero-order valence-corrected chi connectivity index (χ0v) is 5.02. The molecule has 0 aromatic heterocycles. The van der Waals surface area contributed by atoms with Gasteiger partial charge in [0.1, 0.15) is 0 Å². The summed E-state index contributed by atoms with van der Waals surface area (Å²) in [5.74, 6) is 0. The third-order valence-corrected chi connectivity index (χ3v) is 0.492. The van der Waals surface area contributed by atoms with E-state index in [0.29, 0.717) is 0 Å². The van der Waals surface area contributed by atoms with Gasteiger partial charge in [0, 0.05) is 0 Å². The average Bonchev–Trinajstić information content (AvgIpc) is 1.30. The zero-order valence-electron chi connectivity index (χ0n) is 5.02.